The normalized spacial score (nSPS) is 12.4. The monoisotopic (exact) mass is 454 g/mol. The van der Waals surface area contributed by atoms with Gasteiger partial charge >= 0.3 is 0 Å². The average molecular weight is 454 g/mol. The maximum atomic E-state index is 14.4. The Morgan fingerprint density at radius 3 is 2.94 bits per heavy atom. The van der Waals surface area contributed by atoms with Gasteiger partial charge in [0.2, 0.25) is 5.91 Å². The van der Waals surface area contributed by atoms with Crippen molar-refractivity contribution in [2.24, 2.45) is 5.73 Å². The standard InChI is InChI=1S/C21H16F2N6O2S/c22-12-1-2-14(13(23)8-12)29-21(26-10-27-29)16-7-11-5-6-31-15-3-4-18(25-9-17(24)30)28-19(15)20(11)32-16/h1-4,7-8,10H,5-6,9H2,(H2,24,30)(H,25,28). The highest BCUT2D eigenvalue weighted by atomic mass is 32.1. The van der Waals surface area contributed by atoms with E-state index in [1.54, 1.807) is 12.1 Å². The summed E-state index contributed by atoms with van der Waals surface area (Å²) in [5.74, 6) is -0.360. The minimum absolute atomic E-state index is 0.0401. The van der Waals surface area contributed by atoms with E-state index in [0.717, 1.165) is 21.4 Å². The topological polar surface area (TPSA) is 108 Å². The number of primary amides is 1. The summed E-state index contributed by atoms with van der Waals surface area (Å²) in [7, 11) is 0. The average Bonchev–Trinajstić information content (AvgIpc) is 3.36. The van der Waals surface area contributed by atoms with Crippen molar-refractivity contribution in [2.75, 3.05) is 18.5 Å². The Labute approximate surface area is 184 Å². The third-order valence-corrected chi connectivity index (χ3v) is 6.04. The number of rotatable bonds is 5. The van der Waals surface area contributed by atoms with Crippen LogP contribution in [0.5, 0.6) is 5.75 Å². The fourth-order valence-corrected chi connectivity index (χ4v) is 4.62. The van der Waals surface area contributed by atoms with Crippen LogP contribution in [0.4, 0.5) is 14.6 Å². The van der Waals surface area contributed by atoms with Gasteiger partial charge in [-0.05, 0) is 35.9 Å². The van der Waals surface area contributed by atoms with Gasteiger partial charge < -0.3 is 15.8 Å². The molecule has 0 fully saturated rings. The highest BCUT2D eigenvalue weighted by Gasteiger charge is 2.24. The first-order valence-corrected chi connectivity index (χ1v) is 10.5. The number of amides is 1. The number of carbonyl (C=O) groups is 1. The van der Waals surface area contributed by atoms with Crippen molar-refractivity contribution in [3.05, 3.63) is 59.9 Å². The van der Waals surface area contributed by atoms with Crippen molar-refractivity contribution >= 4 is 23.1 Å². The molecule has 0 atom stereocenters. The molecule has 1 aliphatic heterocycles. The molecule has 0 radical (unpaired) electrons. The summed E-state index contributed by atoms with van der Waals surface area (Å²) in [4.78, 5) is 21.6. The molecule has 1 aromatic carbocycles. The molecule has 0 saturated heterocycles. The quantitative estimate of drug-likeness (QED) is 0.480. The smallest absolute Gasteiger partial charge is 0.236 e. The summed E-state index contributed by atoms with van der Waals surface area (Å²) in [5.41, 5.74) is 6.93. The van der Waals surface area contributed by atoms with Gasteiger partial charge in [0.1, 0.15) is 35.1 Å². The zero-order valence-corrected chi connectivity index (χ0v) is 17.3. The lowest BCUT2D eigenvalue weighted by Crippen LogP contribution is -2.22. The Hall–Kier alpha value is -3.86. The van der Waals surface area contributed by atoms with Gasteiger partial charge in [-0.2, -0.15) is 5.10 Å². The van der Waals surface area contributed by atoms with Crippen LogP contribution in [0.3, 0.4) is 0 Å². The first-order valence-electron chi connectivity index (χ1n) is 9.64. The lowest BCUT2D eigenvalue weighted by molar-refractivity contribution is -0.116. The molecule has 11 heteroatoms. The molecule has 5 rings (SSSR count). The molecule has 4 heterocycles. The predicted octanol–water partition coefficient (Wildman–Crippen LogP) is 3.17. The highest BCUT2D eigenvalue weighted by molar-refractivity contribution is 7.19. The number of halogens is 2. The van der Waals surface area contributed by atoms with Crippen LogP contribution in [-0.2, 0) is 11.2 Å². The van der Waals surface area contributed by atoms with Gasteiger partial charge in [0.05, 0.1) is 22.9 Å². The van der Waals surface area contributed by atoms with Crippen LogP contribution in [0.2, 0.25) is 0 Å². The van der Waals surface area contributed by atoms with Crippen LogP contribution >= 0.6 is 11.3 Å². The predicted molar refractivity (Wildman–Crippen MR) is 115 cm³/mol. The number of anilines is 1. The number of hydrogen-bond acceptors (Lipinski definition) is 7. The molecule has 0 bridgehead atoms. The molecule has 0 aliphatic carbocycles. The number of thiophene rings is 1. The maximum Gasteiger partial charge on any atom is 0.236 e. The van der Waals surface area contributed by atoms with Gasteiger partial charge in [-0.15, -0.1) is 11.3 Å². The SMILES string of the molecule is NC(=O)CNc1ccc2c(n1)-c1sc(-c3ncnn3-c3ccc(F)cc3F)cc1CCO2. The summed E-state index contributed by atoms with van der Waals surface area (Å²) < 4.78 is 34.9. The number of fused-ring (bicyclic) bond motifs is 3. The zero-order chi connectivity index (χ0) is 22.2. The summed E-state index contributed by atoms with van der Waals surface area (Å²) in [5, 5.41) is 7.02. The van der Waals surface area contributed by atoms with E-state index in [1.165, 1.54) is 34.5 Å². The van der Waals surface area contributed by atoms with Gasteiger partial charge in [-0.25, -0.2) is 23.4 Å². The minimum Gasteiger partial charge on any atom is -0.491 e. The van der Waals surface area contributed by atoms with Crippen LogP contribution in [0.15, 0.2) is 42.7 Å². The summed E-state index contributed by atoms with van der Waals surface area (Å²) in [6, 6.07) is 8.76. The second-order valence-electron chi connectivity index (χ2n) is 7.02. The molecular formula is C21H16F2N6O2S. The van der Waals surface area contributed by atoms with Crippen molar-refractivity contribution in [2.45, 2.75) is 6.42 Å². The van der Waals surface area contributed by atoms with Crippen LogP contribution < -0.4 is 15.8 Å². The second kappa shape index (κ2) is 8.00. The number of benzene rings is 1. The molecule has 162 valence electrons. The van der Waals surface area contributed by atoms with Crippen LogP contribution in [-0.4, -0.2) is 38.8 Å². The largest absolute Gasteiger partial charge is 0.491 e. The Bertz CT molecular complexity index is 1340. The van der Waals surface area contributed by atoms with Crippen molar-refractivity contribution in [3.63, 3.8) is 0 Å². The number of hydrogen-bond donors (Lipinski definition) is 2. The van der Waals surface area contributed by atoms with Gasteiger partial charge in [-0.3, -0.25) is 4.79 Å². The van der Waals surface area contributed by atoms with E-state index in [0.29, 0.717) is 36.1 Å². The molecule has 8 nitrogen and oxygen atoms in total. The number of nitrogens with zero attached hydrogens (tertiary/aromatic N) is 4. The Morgan fingerprint density at radius 1 is 1.25 bits per heavy atom. The van der Waals surface area contributed by atoms with Crippen molar-refractivity contribution in [1.29, 1.82) is 0 Å². The fourth-order valence-electron chi connectivity index (χ4n) is 3.44. The molecule has 3 aromatic heterocycles. The minimum atomic E-state index is -0.736. The summed E-state index contributed by atoms with van der Waals surface area (Å²) in [6.07, 6.45) is 1.97. The summed E-state index contributed by atoms with van der Waals surface area (Å²) in [6.45, 7) is 0.423. The highest BCUT2D eigenvalue weighted by Crippen LogP contribution is 2.43. The van der Waals surface area contributed by atoms with E-state index >= 15 is 0 Å². The fraction of sp³-hybridized carbons (Fsp3) is 0.143. The molecule has 0 saturated carbocycles. The Balaban J connectivity index is 1.57. The molecule has 1 aliphatic rings. The van der Waals surface area contributed by atoms with Gasteiger partial charge in [0, 0.05) is 12.5 Å². The third-order valence-electron chi connectivity index (χ3n) is 4.86. The van der Waals surface area contributed by atoms with Gasteiger partial charge in [0.15, 0.2) is 11.6 Å². The van der Waals surface area contributed by atoms with Crippen molar-refractivity contribution in [1.82, 2.24) is 19.7 Å². The number of nitrogens with two attached hydrogens (primary N) is 1. The summed E-state index contributed by atoms with van der Waals surface area (Å²) >= 11 is 1.42. The van der Waals surface area contributed by atoms with E-state index in [1.807, 2.05) is 6.07 Å². The van der Waals surface area contributed by atoms with Crippen LogP contribution in [0.25, 0.3) is 27.0 Å². The number of nitrogens with one attached hydrogen (secondary N) is 1. The van der Waals surface area contributed by atoms with Crippen molar-refractivity contribution < 1.29 is 18.3 Å². The van der Waals surface area contributed by atoms with E-state index in [-0.39, 0.29) is 12.2 Å². The molecule has 4 aromatic rings. The molecule has 0 spiro atoms. The number of ether oxygens (including phenoxy) is 1. The van der Waals surface area contributed by atoms with E-state index in [9.17, 15) is 13.6 Å². The molecule has 0 unspecified atom stereocenters. The number of aromatic nitrogens is 4. The van der Waals surface area contributed by atoms with Crippen molar-refractivity contribution in [3.8, 4) is 32.7 Å². The zero-order valence-electron chi connectivity index (χ0n) is 16.5. The molecule has 1 amide bonds. The first-order chi connectivity index (χ1) is 15.5. The molecule has 32 heavy (non-hydrogen) atoms. The van der Waals surface area contributed by atoms with Gasteiger partial charge in [-0.1, -0.05) is 0 Å². The van der Waals surface area contributed by atoms with E-state index in [2.05, 4.69) is 20.4 Å². The van der Waals surface area contributed by atoms with Crippen LogP contribution in [0.1, 0.15) is 5.56 Å². The number of carbonyl (C=O) groups excluding carboxylic acids is 1. The van der Waals surface area contributed by atoms with Crippen LogP contribution in [0, 0.1) is 11.6 Å². The van der Waals surface area contributed by atoms with Gasteiger partial charge in [0.25, 0.3) is 0 Å². The second-order valence-corrected chi connectivity index (χ2v) is 8.07. The molecular weight excluding hydrogens is 438 g/mol. The van der Waals surface area contributed by atoms with E-state index in [4.69, 9.17) is 10.5 Å². The Kier molecular flexibility index (Phi) is 5.02. The first kappa shape index (κ1) is 20.1. The molecule has 3 N–H and O–H groups in total. The van der Waals surface area contributed by atoms with E-state index < -0.39 is 17.5 Å². The third kappa shape index (κ3) is 3.66. The maximum absolute atomic E-state index is 14.4. The lowest BCUT2D eigenvalue weighted by atomic mass is 10.1. The number of pyridine rings is 1. The Morgan fingerprint density at radius 2 is 2.12 bits per heavy atom. The lowest BCUT2D eigenvalue weighted by Gasteiger charge is -2.09.